The summed E-state index contributed by atoms with van der Waals surface area (Å²) in [5, 5.41) is 22.3. The van der Waals surface area contributed by atoms with E-state index in [9.17, 15) is 15.0 Å². The second-order valence-corrected chi connectivity index (χ2v) is 18.9. The monoisotopic (exact) mass is 422 g/mol. The molecule has 0 aliphatic heterocycles. The van der Waals surface area contributed by atoms with Crippen LogP contribution in [-0.4, -0.2) is 60.7 Å². The smallest absolute Gasteiger partial charge is 0.333 e. The van der Waals surface area contributed by atoms with Crippen molar-refractivity contribution in [3.05, 3.63) is 12.2 Å². The minimum Gasteiger partial charge on any atom is -0.453 e. The number of aliphatic hydroxyl groups is 2. The lowest BCUT2D eigenvalue weighted by Gasteiger charge is -2.46. The van der Waals surface area contributed by atoms with Gasteiger partial charge in [-0.1, -0.05) is 19.0 Å². The van der Waals surface area contributed by atoms with Crippen LogP contribution in [-0.2, 0) is 18.4 Å². The van der Waals surface area contributed by atoms with Crippen LogP contribution in [0.5, 0.6) is 0 Å². The first-order chi connectivity index (χ1) is 11.5. The quantitative estimate of drug-likeness (QED) is 0.230. The van der Waals surface area contributed by atoms with E-state index in [1.165, 1.54) is 0 Å². The lowest BCUT2D eigenvalue weighted by Crippen LogP contribution is -2.64. The van der Waals surface area contributed by atoms with Crippen LogP contribution in [0.2, 0.25) is 45.3 Å². The van der Waals surface area contributed by atoms with Crippen molar-refractivity contribution in [2.75, 3.05) is 0 Å². The van der Waals surface area contributed by atoms with E-state index >= 15 is 0 Å². The molecular formula is C17H38O6Si3. The summed E-state index contributed by atoms with van der Waals surface area (Å²) in [5.41, 5.74) is -1.12. The summed E-state index contributed by atoms with van der Waals surface area (Å²) in [7, 11) is -3.58. The highest BCUT2D eigenvalue weighted by molar-refractivity contribution is 6.70. The highest BCUT2D eigenvalue weighted by atomic mass is 28.4. The summed E-state index contributed by atoms with van der Waals surface area (Å²) in [6.45, 7) is 18.1. The number of esters is 1. The summed E-state index contributed by atoms with van der Waals surface area (Å²) in [6, 6.07) is 0.981. The zero-order valence-electron chi connectivity index (χ0n) is 17.9. The topological polar surface area (TPSA) is 85.2 Å². The molecule has 0 amide bonds. The molecular weight excluding hydrogens is 384 g/mol. The van der Waals surface area contributed by atoms with Gasteiger partial charge in [0.05, 0.1) is 0 Å². The molecule has 0 spiro atoms. The van der Waals surface area contributed by atoms with Crippen LogP contribution >= 0.6 is 0 Å². The van der Waals surface area contributed by atoms with Gasteiger partial charge >= 0.3 is 5.97 Å². The van der Waals surface area contributed by atoms with Gasteiger partial charge in [-0.2, -0.15) is 0 Å². The number of rotatable bonds is 11. The zero-order chi connectivity index (χ0) is 21.0. The van der Waals surface area contributed by atoms with E-state index in [0.717, 1.165) is 22.7 Å². The fourth-order valence-corrected chi connectivity index (χ4v) is 4.96. The largest absolute Gasteiger partial charge is 0.453 e. The van der Waals surface area contributed by atoms with Crippen LogP contribution in [0.4, 0.5) is 0 Å². The Morgan fingerprint density at radius 1 is 1.15 bits per heavy atom. The third-order valence-corrected chi connectivity index (χ3v) is 6.05. The predicted octanol–water partition coefficient (Wildman–Crippen LogP) is 2.14. The summed E-state index contributed by atoms with van der Waals surface area (Å²) in [5.74, 6) is -2.84. The van der Waals surface area contributed by atoms with Crippen LogP contribution in [0.25, 0.3) is 0 Å². The molecule has 0 radical (unpaired) electrons. The van der Waals surface area contributed by atoms with E-state index in [1.54, 1.807) is 13.8 Å². The van der Waals surface area contributed by atoms with Crippen molar-refractivity contribution in [3.8, 4) is 0 Å². The van der Waals surface area contributed by atoms with Crippen molar-refractivity contribution in [1.29, 1.82) is 0 Å². The van der Waals surface area contributed by atoms with Gasteiger partial charge < -0.3 is 23.8 Å². The van der Waals surface area contributed by atoms with Crippen molar-refractivity contribution >= 4 is 32.8 Å². The molecule has 9 heteroatoms. The van der Waals surface area contributed by atoms with Crippen molar-refractivity contribution in [2.24, 2.45) is 0 Å². The van der Waals surface area contributed by atoms with Gasteiger partial charge in [-0.05, 0) is 59.6 Å². The molecule has 0 aromatic rings. The second kappa shape index (κ2) is 9.26. The van der Waals surface area contributed by atoms with Gasteiger partial charge in [0.2, 0.25) is 0 Å². The molecule has 0 bridgehead atoms. The number of ether oxygens (including phenoxy) is 1. The Balaban J connectivity index is 5.96. The first-order valence-electron chi connectivity index (χ1n) is 9.15. The molecule has 2 N–H and O–H groups in total. The lowest BCUT2D eigenvalue weighted by molar-refractivity contribution is -0.356. The molecule has 0 rings (SSSR count). The molecule has 2 unspecified atom stereocenters. The summed E-state index contributed by atoms with van der Waals surface area (Å²) >= 11 is 0. The average Bonchev–Trinajstić information content (AvgIpc) is 2.39. The van der Waals surface area contributed by atoms with Gasteiger partial charge in [0, 0.05) is 15.8 Å². The molecule has 154 valence electrons. The predicted molar refractivity (Wildman–Crippen MR) is 113 cm³/mol. The van der Waals surface area contributed by atoms with Crippen LogP contribution in [0.1, 0.15) is 26.7 Å². The van der Waals surface area contributed by atoms with Crippen molar-refractivity contribution in [1.82, 2.24) is 0 Å². The molecule has 0 heterocycles. The Morgan fingerprint density at radius 2 is 1.58 bits per heavy atom. The summed E-state index contributed by atoms with van der Waals surface area (Å²) in [4.78, 5) is 12.2. The van der Waals surface area contributed by atoms with Gasteiger partial charge in [-0.3, -0.25) is 0 Å². The maximum absolute atomic E-state index is 12.2. The standard InChI is InChI=1S/C17H38O6Si3/c1-13(2)14(18)21-16(3,11-10-12-24)15(19)17(20,22-25(4,5)6)23-26(7,8)9/h15,19-20H,1,10-12H2,2-9,24H3. The minimum atomic E-state index is -2.29. The molecule has 0 saturated carbocycles. The third kappa shape index (κ3) is 8.59. The molecule has 0 aromatic carbocycles. The fraction of sp³-hybridized carbons (Fsp3) is 0.824. The molecule has 0 saturated heterocycles. The van der Waals surface area contributed by atoms with Gasteiger partial charge in [0.15, 0.2) is 22.7 Å². The Hall–Kier alpha value is -0.299. The second-order valence-electron chi connectivity index (χ2n) is 9.05. The van der Waals surface area contributed by atoms with Gasteiger partial charge in [0.25, 0.3) is 5.97 Å². The molecule has 2 atom stereocenters. The highest BCUT2D eigenvalue weighted by Crippen LogP contribution is 2.35. The normalized spacial score (nSPS) is 16.8. The van der Waals surface area contributed by atoms with Gasteiger partial charge in [-0.15, -0.1) is 0 Å². The van der Waals surface area contributed by atoms with Crippen molar-refractivity contribution in [2.45, 2.75) is 89.7 Å². The number of carbonyl (C=O) groups excluding carboxylic acids is 1. The molecule has 6 nitrogen and oxygen atoms in total. The Labute approximate surface area is 163 Å². The van der Waals surface area contributed by atoms with E-state index in [0.29, 0.717) is 6.42 Å². The van der Waals surface area contributed by atoms with E-state index < -0.39 is 40.3 Å². The van der Waals surface area contributed by atoms with Crippen molar-refractivity contribution in [3.63, 3.8) is 0 Å². The Kier molecular flexibility index (Phi) is 9.16. The first-order valence-corrected chi connectivity index (χ1v) is 17.4. The minimum absolute atomic E-state index is 0.232. The lowest BCUT2D eigenvalue weighted by atomic mass is 9.91. The summed E-state index contributed by atoms with van der Waals surface area (Å²) < 4.78 is 17.3. The SMILES string of the molecule is C=C(C)C(=O)OC(C)(CCC[SiH3])C(O)C(O)(O[Si](C)(C)C)O[Si](C)(C)C. The average molecular weight is 423 g/mol. The number of carbonyl (C=O) groups is 1. The molecule has 0 aliphatic rings. The molecule has 26 heavy (non-hydrogen) atoms. The first kappa shape index (κ1) is 25.7. The van der Waals surface area contributed by atoms with Gasteiger partial charge in [-0.25, -0.2) is 4.79 Å². The van der Waals surface area contributed by atoms with E-state index in [1.807, 2.05) is 39.3 Å². The third-order valence-electron chi connectivity index (χ3n) is 3.53. The van der Waals surface area contributed by atoms with Crippen LogP contribution in [0, 0.1) is 0 Å². The maximum Gasteiger partial charge on any atom is 0.333 e. The number of aliphatic hydroxyl groups excluding tert-OH is 1. The van der Waals surface area contributed by atoms with E-state index in [-0.39, 0.29) is 5.57 Å². The van der Waals surface area contributed by atoms with Crippen LogP contribution in [0.15, 0.2) is 12.2 Å². The highest BCUT2D eigenvalue weighted by Gasteiger charge is 2.54. The van der Waals surface area contributed by atoms with Crippen molar-refractivity contribution < 1.29 is 28.6 Å². The number of hydrogen-bond donors (Lipinski definition) is 2. The molecule has 0 fully saturated rings. The van der Waals surface area contributed by atoms with E-state index in [2.05, 4.69) is 6.58 Å². The summed E-state index contributed by atoms with van der Waals surface area (Å²) in [6.07, 6.45) is -0.396. The van der Waals surface area contributed by atoms with Gasteiger partial charge in [0.1, 0.15) is 5.60 Å². The Bertz CT molecular complexity index is 482. The fourth-order valence-electron chi connectivity index (χ4n) is 2.47. The van der Waals surface area contributed by atoms with E-state index in [4.69, 9.17) is 13.6 Å². The number of hydrogen-bond acceptors (Lipinski definition) is 6. The zero-order valence-corrected chi connectivity index (χ0v) is 21.9. The molecule has 0 aromatic heterocycles. The van der Waals surface area contributed by atoms with Crippen LogP contribution < -0.4 is 0 Å². The molecule has 0 aliphatic carbocycles. The Morgan fingerprint density at radius 3 is 1.88 bits per heavy atom. The maximum atomic E-state index is 12.2. The van der Waals surface area contributed by atoms with Crippen LogP contribution in [0.3, 0.4) is 0 Å².